The summed E-state index contributed by atoms with van der Waals surface area (Å²) in [5.41, 5.74) is 1.07. The van der Waals surface area contributed by atoms with E-state index in [4.69, 9.17) is 11.6 Å². The Morgan fingerprint density at radius 2 is 2.09 bits per heavy atom. The normalized spacial score (nSPS) is 10.7. The third-order valence-corrected chi connectivity index (χ3v) is 2.25. The van der Waals surface area contributed by atoms with Crippen molar-refractivity contribution in [2.45, 2.75) is 0 Å². The number of halogens is 2. The monoisotopic (exact) mass is 229 g/mol. The first-order chi connectivity index (χ1) is 5.25. The molecular weight excluding hydrogens is 225 g/mol. The van der Waals surface area contributed by atoms with Gasteiger partial charge in [0.15, 0.2) is 0 Å². The first kappa shape index (κ1) is 7.19. The summed E-state index contributed by atoms with van der Waals surface area (Å²) < 4.78 is 1.07. The van der Waals surface area contributed by atoms with E-state index in [1.807, 2.05) is 24.3 Å². The van der Waals surface area contributed by atoms with Gasteiger partial charge < -0.3 is 4.98 Å². The van der Waals surface area contributed by atoms with E-state index in [2.05, 4.69) is 20.9 Å². The highest BCUT2D eigenvalue weighted by atomic mass is 79.9. The molecule has 0 unspecified atom stereocenters. The molecule has 1 heterocycles. The molecular formula is C8H5BrClN. The van der Waals surface area contributed by atoms with Gasteiger partial charge in [-0.05, 0) is 24.3 Å². The van der Waals surface area contributed by atoms with Crippen molar-refractivity contribution in [1.29, 1.82) is 0 Å². The van der Waals surface area contributed by atoms with E-state index in [1.165, 1.54) is 0 Å². The Kier molecular flexibility index (Phi) is 1.66. The zero-order chi connectivity index (χ0) is 7.84. The van der Waals surface area contributed by atoms with Crippen LogP contribution in [0, 0.1) is 0 Å². The second kappa shape index (κ2) is 2.54. The highest BCUT2D eigenvalue weighted by Gasteiger charge is 1.97. The summed E-state index contributed by atoms with van der Waals surface area (Å²) in [5.74, 6) is 0. The molecule has 0 amide bonds. The molecule has 1 aromatic carbocycles. The fourth-order valence-corrected chi connectivity index (χ4v) is 1.67. The number of benzene rings is 1. The van der Waals surface area contributed by atoms with Gasteiger partial charge in [-0.2, -0.15) is 0 Å². The molecule has 0 fully saturated rings. The fraction of sp³-hybridized carbons (Fsp3) is 0. The second-order valence-corrected chi connectivity index (χ2v) is 3.67. The number of nitrogens with one attached hydrogen (secondary N) is 1. The Morgan fingerprint density at radius 1 is 1.27 bits per heavy atom. The molecule has 1 N–H and O–H groups in total. The van der Waals surface area contributed by atoms with Gasteiger partial charge in [0.2, 0.25) is 0 Å². The third-order valence-electron chi connectivity index (χ3n) is 1.55. The van der Waals surface area contributed by atoms with E-state index in [9.17, 15) is 0 Å². The molecule has 1 nitrogen and oxygen atoms in total. The molecule has 0 radical (unpaired) electrons. The minimum atomic E-state index is 0.679. The molecule has 2 aromatic rings. The van der Waals surface area contributed by atoms with Gasteiger partial charge in [0.05, 0.1) is 0 Å². The van der Waals surface area contributed by atoms with Gasteiger partial charge in [0.1, 0.15) is 5.15 Å². The number of fused-ring (bicyclic) bond motifs is 1. The summed E-state index contributed by atoms with van der Waals surface area (Å²) in [4.78, 5) is 3.03. The van der Waals surface area contributed by atoms with E-state index in [0.717, 1.165) is 15.4 Å². The maximum atomic E-state index is 5.76. The minimum absolute atomic E-state index is 0.679. The van der Waals surface area contributed by atoms with E-state index in [-0.39, 0.29) is 0 Å². The van der Waals surface area contributed by atoms with Crippen LogP contribution in [0.5, 0.6) is 0 Å². The van der Waals surface area contributed by atoms with Crippen LogP contribution in [0.25, 0.3) is 10.9 Å². The molecule has 0 bridgehead atoms. The van der Waals surface area contributed by atoms with Crippen molar-refractivity contribution in [2.75, 3.05) is 0 Å². The number of H-pyrrole nitrogens is 1. The lowest BCUT2D eigenvalue weighted by Gasteiger charge is -1.88. The number of hydrogen-bond donors (Lipinski definition) is 1. The van der Waals surface area contributed by atoms with Crippen molar-refractivity contribution < 1.29 is 0 Å². The van der Waals surface area contributed by atoms with Gasteiger partial charge in [-0.3, -0.25) is 0 Å². The highest BCUT2D eigenvalue weighted by molar-refractivity contribution is 9.10. The molecule has 0 spiro atoms. The molecule has 1 aromatic heterocycles. The Labute approximate surface area is 77.5 Å². The van der Waals surface area contributed by atoms with Crippen molar-refractivity contribution >= 4 is 38.4 Å². The van der Waals surface area contributed by atoms with Crippen molar-refractivity contribution in [1.82, 2.24) is 4.98 Å². The lowest BCUT2D eigenvalue weighted by atomic mass is 10.3. The topological polar surface area (TPSA) is 15.8 Å². The zero-order valence-electron chi connectivity index (χ0n) is 5.57. The van der Waals surface area contributed by atoms with Crippen LogP contribution in [0.3, 0.4) is 0 Å². The van der Waals surface area contributed by atoms with Gasteiger partial charge in [-0.15, -0.1) is 0 Å². The van der Waals surface area contributed by atoms with E-state index < -0.39 is 0 Å². The highest BCUT2D eigenvalue weighted by Crippen LogP contribution is 2.22. The molecule has 0 aliphatic heterocycles. The standard InChI is InChI=1S/C8H5BrClN/c9-6-1-2-7-5(3-6)4-8(10)11-7/h1-4,11H. The van der Waals surface area contributed by atoms with Crippen LogP contribution in [0.15, 0.2) is 28.7 Å². The van der Waals surface area contributed by atoms with Gasteiger partial charge >= 0.3 is 0 Å². The van der Waals surface area contributed by atoms with Gasteiger partial charge in [0.25, 0.3) is 0 Å². The number of rotatable bonds is 0. The van der Waals surface area contributed by atoms with Crippen LogP contribution < -0.4 is 0 Å². The number of aromatic nitrogens is 1. The predicted octanol–water partition coefficient (Wildman–Crippen LogP) is 3.58. The summed E-state index contributed by atoms with van der Waals surface area (Å²) in [6.07, 6.45) is 0. The maximum absolute atomic E-state index is 5.76. The van der Waals surface area contributed by atoms with Crippen LogP contribution in [0.2, 0.25) is 5.15 Å². The van der Waals surface area contributed by atoms with Crippen LogP contribution >= 0.6 is 27.5 Å². The molecule has 0 saturated heterocycles. The van der Waals surface area contributed by atoms with E-state index in [0.29, 0.717) is 5.15 Å². The lowest BCUT2D eigenvalue weighted by molar-refractivity contribution is 1.47. The largest absolute Gasteiger partial charge is 0.346 e. The molecule has 56 valence electrons. The van der Waals surface area contributed by atoms with E-state index in [1.54, 1.807) is 0 Å². The molecule has 0 saturated carbocycles. The summed E-state index contributed by atoms with van der Waals surface area (Å²) in [6.45, 7) is 0. The smallest absolute Gasteiger partial charge is 0.107 e. The predicted molar refractivity (Wildman–Crippen MR) is 51.0 cm³/mol. The van der Waals surface area contributed by atoms with Crippen molar-refractivity contribution in [3.63, 3.8) is 0 Å². The SMILES string of the molecule is Clc1cc2cc(Br)ccc2[nH]1. The Bertz CT molecular complexity index is 394. The van der Waals surface area contributed by atoms with Crippen LogP contribution in [-0.4, -0.2) is 4.98 Å². The van der Waals surface area contributed by atoms with Crippen LogP contribution in [-0.2, 0) is 0 Å². The average molecular weight is 230 g/mol. The first-order valence-electron chi connectivity index (χ1n) is 3.19. The average Bonchev–Trinajstić information content (AvgIpc) is 2.27. The lowest BCUT2D eigenvalue weighted by Crippen LogP contribution is -1.66. The maximum Gasteiger partial charge on any atom is 0.107 e. The van der Waals surface area contributed by atoms with E-state index >= 15 is 0 Å². The molecule has 0 atom stereocenters. The molecule has 3 heteroatoms. The molecule has 2 rings (SSSR count). The zero-order valence-corrected chi connectivity index (χ0v) is 7.91. The molecule has 11 heavy (non-hydrogen) atoms. The van der Waals surface area contributed by atoms with Crippen LogP contribution in [0.1, 0.15) is 0 Å². The minimum Gasteiger partial charge on any atom is -0.346 e. The summed E-state index contributed by atoms with van der Waals surface area (Å²) >= 11 is 9.15. The Balaban J connectivity index is 2.82. The third kappa shape index (κ3) is 1.28. The Hall–Kier alpha value is -0.470. The van der Waals surface area contributed by atoms with Gasteiger partial charge in [0, 0.05) is 15.4 Å². The summed E-state index contributed by atoms with van der Waals surface area (Å²) in [6, 6.07) is 7.90. The number of hydrogen-bond acceptors (Lipinski definition) is 0. The summed E-state index contributed by atoms with van der Waals surface area (Å²) in [5, 5.41) is 1.81. The summed E-state index contributed by atoms with van der Waals surface area (Å²) in [7, 11) is 0. The first-order valence-corrected chi connectivity index (χ1v) is 4.36. The molecule has 0 aliphatic rings. The van der Waals surface area contributed by atoms with Gasteiger partial charge in [-0.25, -0.2) is 0 Å². The number of aromatic amines is 1. The van der Waals surface area contributed by atoms with Crippen LogP contribution in [0.4, 0.5) is 0 Å². The Morgan fingerprint density at radius 3 is 2.91 bits per heavy atom. The second-order valence-electron chi connectivity index (χ2n) is 2.35. The van der Waals surface area contributed by atoms with Crippen molar-refractivity contribution in [2.24, 2.45) is 0 Å². The quantitative estimate of drug-likeness (QED) is 0.712. The molecule has 0 aliphatic carbocycles. The fourth-order valence-electron chi connectivity index (χ4n) is 1.07. The van der Waals surface area contributed by atoms with Gasteiger partial charge in [-0.1, -0.05) is 27.5 Å². The van der Waals surface area contributed by atoms with Crippen molar-refractivity contribution in [3.05, 3.63) is 33.9 Å². The van der Waals surface area contributed by atoms with Crippen molar-refractivity contribution in [3.8, 4) is 0 Å².